The first-order valence-corrected chi connectivity index (χ1v) is 6.78. The number of aliphatic hydroxyl groups excluding tert-OH is 1. The van der Waals surface area contributed by atoms with E-state index in [1.165, 1.54) is 12.1 Å². The van der Waals surface area contributed by atoms with E-state index in [1.807, 2.05) is 6.92 Å². The second-order valence-corrected chi connectivity index (χ2v) is 5.94. The molecule has 2 fully saturated rings. The summed E-state index contributed by atoms with van der Waals surface area (Å²) < 4.78 is 0. The number of hydrogen-bond donors (Lipinski definition) is 1. The molecule has 1 saturated carbocycles. The number of aryl methyl sites for hydroxylation is 1. The zero-order valence-corrected chi connectivity index (χ0v) is 11.2. The molecule has 0 amide bonds. The van der Waals surface area contributed by atoms with Gasteiger partial charge in [0.1, 0.15) is 5.82 Å². The van der Waals surface area contributed by atoms with Gasteiger partial charge in [0.2, 0.25) is 0 Å². The molecule has 1 unspecified atom stereocenters. The molecule has 1 aromatic heterocycles. The Hall–Kier alpha value is -1.00. The monoisotopic (exact) mass is 247 g/mol. The number of hydrogen-bond acceptors (Lipinski definition) is 4. The van der Waals surface area contributed by atoms with Gasteiger partial charge in [-0.1, -0.05) is 0 Å². The maximum Gasteiger partial charge on any atom is 0.137 e. The van der Waals surface area contributed by atoms with E-state index in [2.05, 4.69) is 23.0 Å². The third kappa shape index (κ3) is 2.04. The molecule has 18 heavy (non-hydrogen) atoms. The fourth-order valence-electron chi connectivity index (χ4n) is 2.82. The van der Waals surface area contributed by atoms with Crippen molar-refractivity contribution in [2.75, 3.05) is 26.7 Å². The van der Waals surface area contributed by atoms with Gasteiger partial charge < -0.3 is 10.0 Å². The Morgan fingerprint density at radius 2 is 2.22 bits per heavy atom. The van der Waals surface area contributed by atoms with E-state index in [-0.39, 0.29) is 12.0 Å². The average molecular weight is 247 g/mol. The van der Waals surface area contributed by atoms with Crippen LogP contribution in [0.2, 0.25) is 0 Å². The van der Waals surface area contributed by atoms with Crippen LogP contribution in [0.25, 0.3) is 0 Å². The molecule has 4 nitrogen and oxygen atoms in total. The molecule has 1 aliphatic carbocycles. The van der Waals surface area contributed by atoms with Gasteiger partial charge >= 0.3 is 0 Å². The van der Waals surface area contributed by atoms with Crippen LogP contribution >= 0.6 is 0 Å². The highest BCUT2D eigenvalue weighted by Gasteiger charge is 2.47. The van der Waals surface area contributed by atoms with Crippen LogP contribution in [0.4, 0.5) is 0 Å². The standard InChI is InChI=1S/C14H21N3O/c1-10-7-12(11-3-6-17(2)8-11)16-13(15-10)14(9-18)4-5-14/h7,11,18H,3-6,8-9H2,1-2H3. The summed E-state index contributed by atoms with van der Waals surface area (Å²) in [6, 6.07) is 2.11. The van der Waals surface area contributed by atoms with E-state index >= 15 is 0 Å². The summed E-state index contributed by atoms with van der Waals surface area (Å²) in [4.78, 5) is 11.6. The Balaban J connectivity index is 1.91. The number of aliphatic hydroxyl groups is 1. The highest BCUT2D eigenvalue weighted by molar-refractivity contribution is 5.24. The quantitative estimate of drug-likeness (QED) is 0.872. The van der Waals surface area contributed by atoms with Gasteiger partial charge in [-0.2, -0.15) is 0 Å². The summed E-state index contributed by atoms with van der Waals surface area (Å²) in [5.74, 6) is 1.40. The van der Waals surface area contributed by atoms with Crippen molar-refractivity contribution in [3.05, 3.63) is 23.3 Å². The Morgan fingerprint density at radius 1 is 1.44 bits per heavy atom. The maximum atomic E-state index is 9.51. The fraction of sp³-hybridized carbons (Fsp3) is 0.714. The van der Waals surface area contributed by atoms with Crippen LogP contribution in [-0.4, -0.2) is 46.7 Å². The second-order valence-electron chi connectivity index (χ2n) is 5.94. The predicted molar refractivity (Wildman–Crippen MR) is 69.6 cm³/mol. The molecule has 98 valence electrons. The molecule has 1 aromatic rings. The highest BCUT2D eigenvalue weighted by Crippen LogP contribution is 2.46. The molecular formula is C14H21N3O. The van der Waals surface area contributed by atoms with Gasteiger partial charge in [0, 0.05) is 23.9 Å². The molecule has 0 spiro atoms. The van der Waals surface area contributed by atoms with E-state index in [1.54, 1.807) is 0 Å². The number of aromatic nitrogens is 2. The van der Waals surface area contributed by atoms with Crippen LogP contribution in [0.3, 0.4) is 0 Å². The first-order chi connectivity index (χ1) is 8.63. The smallest absolute Gasteiger partial charge is 0.137 e. The lowest BCUT2D eigenvalue weighted by molar-refractivity contribution is 0.249. The van der Waals surface area contributed by atoms with Crippen LogP contribution < -0.4 is 0 Å². The summed E-state index contributed by atoms with van der Waals surface area (Å²) in [6.07, 6.45) is 3.23. The largest absolute Gasteiger partial charge is 0.395 e. The Kier molecular flexibility index (Phi) is 2.87. The fourth-order valence-corrected chi connectivity index (χ4v) is 2.82. The summed E-state index contributed by atoms with van der Waals surface area (Å²) in [6.45, 7) is 4.44. The van der Waals surface area contributed by atoms with Gasteiger partial charge in [-0.3, -0.25) is 0 Å². The van der Waals surface area contributed by atoms with Gasteiger partial charge in [-0.05, 0) is 45.8 Å². The first-order valence-electron chi connectivity index (χ1n) is 6.78. The van der Waals surface area contributed by atoms with Crippen molar-refractivity contribution in [3.8, 4) is 0 Å². The van der Waals surface area contributed by atoms with Crippen molar-refractivity contribution in [3.63, 3.8) is 0 Å². The molecule has 1 atom stereocenters. The lowest BCUT2D eigenvalue weighted by Gasteiger charge is -2.15. The summed E-state index contributed by atoms with van der Waals surface area (Å²) in [5.41, 5.74) is 2.08. The number of nitrogens with zero attached hydrogens (tertiary/aromatic N) is 3. The zero-order valence-electron chi connectivity index (χ0n) is 11.2. The number of likely N-dealkylation sites (N-methyl/N-ethyl adjacent to an activating group) is 1. The lowest BCUT2D eigenvalue weighted by atomic mass is 10.0. The number of rotatable bonds is 3. The van der Waals surface area contributed by atoms with Crippen LogP contribution in [-0.2, 0) is 5.41 Å². The van der Waals surface area contributed by atoms with E-state index in [4.69, 9.17) is 4.98 Å². The molecule has 1 aliphatic heterocycles. The molecule has 2 heterocycles. The lowest BCUT2D eigenvalue weighted by Crippen LogP contribution is -2.19. The molecule has 1 saturated heterocycles. The second kappa shape index (κ2) is 4.28. The van der Waals surface area contributed by atoms with Crippen molar-refractivity contribution in [2.24, 2.45) is 0 Å². The molecule has 0 radical (unpaired) electrons. The van der Waals surface area contributed by atoms with Crippen molar-refractivity contribution in [1.29, 1.82) is 0 Å². The van der Waals surface area contributed by atoms with Crippen LogP contribution in [0.15, 0.2) is 6.07 Å². The van der Waals surface area contributed by atoms with Crippen LogP contribution in [0.1, 0.15) is 42.4 Å². The molecule has 0 aromatic carbocycles. The third-order valence-corrected chi connectivity index (χ3v) is 4.31. The molecule has 3 rings (SSSR count). The van der Waals surface area contributed by atoms with E-state index in [9.17, 15) is 5.11 Å². The minimum atomic E-state index is -0.120. The normalized spacial score (nSPS) is 26.5. The van der Waals surface area contributed by atoms with Crippen molar-refractivity contribution in [1.82, 2.24) is 14.9 Å². The van der Waals surface area contributed by atoms with Gasteiger partial charge in [0.25, 0.3) is 0 Å². The first kappa shape index (κ1) is 12.1. The van der Waals surface area contributed by atoms with E-state index in [0.29, 0.717) is 5.92 Å². The Bertz CT molecular complexity index is 456. The van der Waals surface area contributed by atoms with Gasteiger partial charge in [0.15, 0.2) is 0 Å². The summed E-state index contributed by atoms with van der Waals surface area (Å²) in [5, 5.41) is 9.51. The summed E-state index contributed by atoms with van der Waals surface area (Å²) >= 11 is 0. The van der Waals surface area contributed by atoms with Crippen molar-refractivity contribution < 1.29 is 5.11 Å². The molecule has 1 N–H and O–H groups in total. The Morgan fingerprint density at radius 3 is 2.78 bits per heavy atom. The molecule has 0 bridgehead atoms. The van der Waals surface area contributed by atoms with Crippen molar-refractivity contribution in [2.45, 2.75) is 37.5 Å². The van der Waals surface area contributed by atoms with E-state index < -0.39 is 0 Å². The molecule has 2 aliphatic rings. The maximum absolute atomic E-state index is 9.51. The number of likely N-dealkylation sites (tertiary alicyclic amines) is 1. The summed E-state index contributed by atoms with van der Waals surface area (Å²) in [7, 11) is 2.16. The molecule has 4 heteroatoms. The minimum absolute atomic E-state index is 0.120. The highest BCUT2D eigenvalue weighted by atomic mass is 16.3. The van der Waals surface area contributed by atoms with Gasteiger partial charge in [-0.25, -0.2) is 9.97 Å². The van der Waals surface area contributed by atoms with Crippen LogP contribution in [0.5, 0.6) is 0 Å². The minimum Gasteiger partial charge on any atom is -0.395 e. The zero-order chi connectivity index (χ0) is 12.8. The van der Waals surface area contributed by atoms with E-state index in [0.717, 1.165) is 37.4 Å². The SMILES string of the molecule is Cc1cc(C2CCN(C)C2)nc(C2(CO)CC2)n1. The molecular weight excluding hydrogens is 226 g/mol. The van der Waals surface area contributed by atoms with Gasteiger partial charge in [0.05, 0.1) is 12.0 Å². The van der Waals surface area contributed by atoms with Crippen LogP contribution in [0, 0.1) is 6.92 Å². The average Bonchev–Trinajstić information content (AvgIpc) is 3.05. The van der Waals surface area contributed by atoms with Gasteiger partial charge in [-0.15, -0.1) is 0 Å². The predicted octanol–water partition coefficient (Wildman–Crippen LogP) is 1.23. The third-order valence-electron chi connectivity index (χ3n) is 4.31. The Labute approximate surface area is 108 Å². The van der Waals surface area contributed by atoms with Crippen molar-refractivity contribution >= 4 is 0 Å². The topological polar surface area (TPSA) is 49.2 Å².